The van der Waals surface area contributed by atoms with Crippen molar-refractivity contribution in [3.05, 3.63) is 72.4 Å². The minimum atomic E-state index is -0.611. The fourth-order valence-electron chi connectivity index (χ4n) is 3.43. The van der Waals surface area contributed by atoms with Gasteiger partial charge in [-0.15, -0.1) is 10.2 Å². The van der Waals surface area contributed by atoms with Crippen molar-refractivity contribution in [3.8, 4) is 5.75 Å². The number of hydrogen-bond donors (Lipinski definition) is 1. The molecule has 7 heteroatoms. The molecule has 6 nitrogen and oxygen atoms in total. The Bertz CT molecular complexity index is 1120. The monoisotopic (exact) mass is 421 g/mol. The largest absolute Gasteiger partial charge is 0.491 e. The molecule has 1 aliphatic carbocycles. The van der Waals surface area contributed by atoms with E-state index in [0.29, 0.717) is 18.2 Å². The zero-order chi connectivity index (χ0) is 20.3. The van der Waals surface area contributed by atoms with Gasteiger partial charge in [0.2, 0.25) is 0 Å². The van der Waals surface area contributed by atoms with E-state index in [1.807, 2.05) is 42.5 Å². The lowest BCUT2D eigenvalue weighted by Crippen LogP contribution is -2.20. The van der Waals surface area contributed by atoms with Gasteiger partial charge in [0.05, 0.1) is 18.9 Å². The molecule has 0 aliphatic heterocycles. The third-order valence-corrected chi connectivity index (χ3v) is 6.26. The highest BCUT2D eigenvalue weighted by atomic mass is 32.2. The van der Waals surface area contributed by atoms with E-state index in [1.165, 1.54) is 17.1 Å². The van der Waals surface area contributed by atoms with E-state index in [4.69, 9.17) is 9.15 Å². The van der Waals surface area contributed by atoms with E-state index in [0.717, 1.165) is 40.7 Å². The van der Waals surface area contributed by atoms with Crippen molar-refractivity contribution in [3.63, 3.8) is 0 Å². The summed E-state index contributed by atoms with van der Waals surface area (Å²) >= 11 is 1.50. The maximum absolute atomic E-state index is 10.4. The number of furan rings is 1. The van der Waals surface area contributed by atoms with Crippen molar-refractivity contribution in [2.75, 3.05) is 12.4 Å². The van der Waals surface area contributed by atoms with Gasteiger partial charge < -0.3 is 14.3 Å². The van der Waals surface area contributed by atoms with E-state index in [9.17, 15) is 5.11 Å². The normalized spacial score (nSPS) is 14.8. The molecule has 5 rings (SSSR count). The molecule has 0 radical (unpaired) electrons. The van der Waals surface area contributed by atoms with Crippen LogP contribution in [0.4, 0.5) is 0 Å². The number of ether oxygens (including phenoxy) is 1. The van der Waals surface area contributed by atoms with Crippen LogP contribution in [0.2, 0.25) is 0 Å². The summed E-state index contributed by atoms with van der Waals surface area (Å²) < 4.78 is 13.4. The van der Waals surface area contributed by atoms with E-state index in [-0.39, 0.29) is 6.61 Å². The molecule has 0 amide bonds. The second-order valence-corrected chi connectivity index (χ2v) is 8.55. The fourth-order valence-corrected chi connectivity index (χ4v) is 4.28. The summed E-state index contributed by atoms with van der Waals surface area (Å²) in [6.45, 7) is 0.838. The van der Waals surface area contributed by atoms with Gasteiger partial charge in [-0.2, -0.15) is 0 Å². The molecular weight excluding hydrogens is 398 g/mol. The fraction of sp³-hybridized carbons (Fsp3) is 0.304. The predicted octanol–water partition coefficient (Wildman–Crippen LogP) is 4.48. The highest BCUT2D eigenvalue weighted by Gasteiger charge is 2.30. The Labute approximate surface area is 178 Å². The number of thioether (sulfide) groups is 1. The second-order valence-electron chi connectivity index (χ2n) is 7.57. The molecule has 2 aromatic carbocycles. The molecular formula is C23H23N3O3S. The van der Waals surface area contributed by atoms with Crippen molar-refractivity contribution in [1.82, 2.24) is 14.8 Å². The van der Waals surface area contributed by atoms with E-state index < -0.39 is 6.10 Å². The number of aromatic nitrogens is 3. The molecule has 4 aromatic rings. The zero-order valence-electron chi connectivity index (χ0n) is 16.5. The predicted molar refractivity (Wildman–Crippen MR) is 116 cm³/mol. The van der Waals surface area contributed by atoms with Crippen molar-refractivity contribution < 1.29 is 14.3 Å². The number of aliphatic hydroxyl groups excluding tert-OH is 1. The highest BCUT2D eigenvalue weighted by molar-refractivity contribution is 7.99. The molecule has 2 heterocycles. The first-order chi connectivity index (χ1) is 14.8. The van der Waals surface area contributed by atoms with Gasteiger partial charge in [0.15, 0.2) is 5.16 Å². The molecule has 2 aromatic heterocycles. The number of aliphatic hydroxyl groups is 1. The lowest BCUT2D eigenvalue weighted by Gasteiger charge is -2.13. The van der Waals surface area contributed by atoms with Crippen molar-refractivity contribution in [2.45, 2.75) is 36.6 Å². The lowest BCUT2D eigenvalue weighted by molar-refractivity contribution is 0.126. The average molecular weight is 422 g/mol. The summed E-state index contributed by atoms with van der Waals surface area (Å²) in [7, 11) is 0. The Morgan fingerprint density at radius 3 is 2.77 bits per heavy atom. The molecule has 1 N–H and O–H groups in total. The van der Waals surface area contributed by atoms with Crippen LogP contribution in [0.5, 0.6) is 5.75 Å². The molecule has 1 fully saturated rings. The SMILES string of the molecule is OC(COc1ccc2ccccc2c1)CSc1nnc(C2CC2)n1Cc1ccco1. The van der Waals surface area contributed by atoms with E-state index >= 15 is 0 Å². The molecule has 0 spiro atoms. The van der Waals surface area contributed by atoms with Gasteiger partial charge in [0, 0.05) is 11.7 Å². The van der Waals surface area contributed by atoms with Gasteiger partial charge in [-0.1, -0.05) is 42.1 Å². The van der Waals surface area contributed by atoms with Crippen LogP contribution in [0.15, 0.2) is 70.4 Å². The smallest absolute Gasteiger partial charge is 0.191 e. The summed E-state index contributed by atoms with van der Waals surface area (Å²) in [5.74, 6) is 3.61. The first kappa shape index (κ1) is 19.2. The number of benzene rings is 2. The van der Waals surface area contributed by atoms with Gasteiger partial charge in [-0.05, 0) is 47.9 Å². The van der Waals surface area contributed by atoms with E-state index in [1.54, 1.807) is 6.26 Å². The number of hydrogen-bond acceptors (Lipinski definition) is 6. The average Bonchev–Trinajstić information content (AvgIpc) is 3.34. The van der Waals surface area contributed by atoms with Crippen LogP contribution in [0.3, 0.4) is 0 Å². The van der Waals surface area contributed by atoms with Gasteiger partial charge in [0.25, 0.3) is 0 Å². The first-order valence-corrected chi connectivity index (χ1v) is 11.1. The molecule has 154 valence electrons. The minimum Gasteiger partial charge on any atom is -0.491 e. The molecule has 1 unspecified atom stereocenters. The zero-order valence-corrected chi connectivity index (χ0v) is 17.3. The van der Waals surface area contributed by atoms with E-state index in [2.05, 4.69) is 26.9 Å². The molecule has 30 heavy (non-hydrogen) atoms. The number of fused-ring (bicyclic) bond motifs is 1. The summed E-state index contributed by atoms with van der Waals surface area (Å²) in [5, 5.41) is 22.3. The highest BCUT2D eigenvalue weighted by Crippen LogP contribution is 2.40. The Morgan fingerprint density at radius 1 is 1.10 bits per heavy atom. The topological polar surface area (TPSA) is 73.3 Å². The first-order valence-electron chi connectivity index (χ1n) is 10.1. The van der Waals surface area contributed by atoms with Gasteiger partial charge in [0.1, 0.15) is 23.9 Å². The van der Waals surface area contributed by atoms with Crippen LogP contribution in [0, 0.1) is 0 Å². The quantitative estimate of drug-likeness (QED) is 0.402. The molecule has 1 saturated carbocycles. The third-order valence-electron chi connectivity index (χ3n) is 5.15. The summed E-state index contributed by atoms with van der Waals surface area (Å²) in [6, 6.07) is 17.9. The van der Waals surface area contributed by atoms with Crippen molar-refractivity contribution in [1.29, 1.82) is 0 Å². The summed E-state index contributed by atoms with van der Waals surface area (Å²) in [6.07, 6.45) is 3.38. The maximum Gasteiger partial charge on any atom is 0.191 e. The van der Waals surface area contributed by atoms with Gasteiger partial charge >= 0.3 is 0 Å². The number of rotatable bonds is 9. The minimum absolute atomic E-state index is 0.229. The van der Waals surface area contributed by atoms with Crippen LogP contribution in [-0.2, 0) is 6.54 Å². The standard InChI is InChI=1S/C23H23N3O3S/c27-19(14-29-20-10-9-16-4-1-2-5-18(16)12-20)15-30-23-25-24-22(17-7-8-17)26(23)13-21-6-3-11-28-21/h1-6,9-12,17,19,27H,7-8,13-15H2. The Balaban J connectivity index is 1.20. The molecule has 1 atom stereocenters. The lowest BCUT2D eigenvalue weighted by atomic mass is 10.1. The molecule has 1 aliphatic rings. The summed E-state index contributed by atoms with van der Waals surface area (Å²) in [5.41, 5.74) is 0. The maximum atomic E-state index is 10.4. The Morgan fingerprint density at radius 2 is 1.97 bits per heavy atom. The molecule has 0 saturated heterocycles. The third kappa shape index (κ3) is 4.37. The second kappa shape index (κ2) is 8.53. The molecule has 0 bridgehead atoms. The van der Waals surface area contributed by atoms with Crippen LogP contribution in [0.1, 0.15) is 30.3 Å². The Hall–Kier alpha value is -2.77. The van der Waals surface area contributed by atoms with Gasteiger partial charge in [-0.3, -0.25) is 4.57 Å². The van der Waals surface area contributed by atoms with Gasteiger partial charge in [-0.25, -0.2) is 0 Å². The van der Waals surface area contributed by atoms with Crippen LogP contribution in [-0.4, -0.2) is 38.3 Å². The van der Waals surface area contributed by atoms with Crippen molar-refractivity contribution in [2.24, 2.45) is 0 Å². The van der Waals surface area contributed by atoms with Crippen LogP contribution in [0.25, 0.3) is 10.8 Å². The Kier molecular flexibility index (Phi) is 5.46. The van der Waals surface area contributed by atoms with Crippen LogP contribution >= 0.6 is 11.8 Å². The number of nitrogens with zero attached hydrogens (tertiary/aromatic N) is 3. The van der Waals surface area contributed by atoms with Crippen molar-refractivity contribution >= 4 is 22.5 Å². The van der Waals surface area contributed by atoms with Crippen LogP contribution < -0.4 is 4.74 Å². The summed E-state index contributed by atoms with van der Waals surface area (Å²) in [4.78, 5) is 0.